The topological polar surface area (TPSA) is 103 Å². The highest BCUT2D eigenvalue weighted by atomic mass is 32.1. The summed E-state index contributed by atoms with van der Waals surface area (Å²) >= 11 is 1.16. The lowest BCUT2D eigenvalue weighted by Crippen LogP contribution is -2.34. The van der Waals surface area contributed by atoms with Gasteiger partial charge in [0.25, 0.3) is 0 Å². The second kappa shape index (κ2) is 16.2. The Morgan fingerprint density at radius 1 is 1.25 bits per heavy atom. The molecule has 0 radical (unpaired) electrons. The van der Waals surface area contributed by atoms with Crippen LogP contribution in [0.5, 0.6) is 5.75 Å². The van der Waals surface area contributed by atoms with E-state index in [0.29, 0.717) is 17.0 Å². The molecule has 1 amide bonds. The van der Waals surface area contributed by atoms with Gasteiger partial charge in [0.15, 0.2) is 22.4 Å². The number of aromatic nitrogens is 1. The number of rotatable bonds is 14. The molecule has 0 aliphatic carbocycles. The highest BCUT2D eigenvalue weighted by molar-refractivity contribution is 7.16. The second-order valence-electron chi connectivity index (χ2n) is 11.8. The van der Waals surface area contributed by atoms with Gasteiger partial charge in [-0.15, -0.1) is 11.3 Å². The van der Waals surface area contributed by atoms with Crippen LogP contribution in [0.15, 0.2) is 18.2 Å². The van der Waals surface area contributed by atoms with Crippen LogP contribution in [0.25, 0.3) is 0 Å². The summed E-state index contributed by atoms with van der Waals surface area (Å²) in [7, 11) is 5.35. The number of amides is 1. The van der Waals surface area contributed by atoms with Crippen molar-refractivity contribution in [2.45, 2.75) is 77.8 Å². The summed E-state index contributed by atoms with van der Waals surface area (Å²) in [6.45, 7) is 10.4. The van der Waals surface area contributed by atoms with Crippen LogP contribution < -0.4 is 9.64 Å². The summed E-state index contributed by atoms with van der Waals surface area (Å²) in [6.07, 6.45) is 0.758. The predicted molar refractivity (Wildman–Crippen MR) is 167 cm³/mol. The van der Waals surface area contributed by atoms with Crippen LogP contribution in [-0.4, -0.2) is 93.4 Å². The molecule has 0 N–H and O–H groups in total. The Bertz CT molecular complexity index is 1330. The van der Waals surface area contributed by atoms with Gasteiger partial charge < -0.3 is 23.7 Å². The zero-order valence-electron chi connectivity index (χ0n) is 26.9. The molecule has 2 heterocycles. The molecule has 1 aromatic heterocycles. The lowest BCUT2D eigenvalue weighted by molar-refractivity contribution is -0.0297. The molecular weight excluding hydrogens is 589 g/mol. The van der Waals surface area contributed by atoms with Crippen molar-refractivity contribution in [1.82, 2.24) is 9.88 Å². The number of halogens is 1. The first-order chi connectivity index (χ1) is 20.8. The average molecular weight is 634 g/mol. The smallest absolute Gasteiger partial charge is 0.416 e. The zero-order chi connectivity index (χ0) is 32.4. The minimum absolute atomic E-state index is 0.00421. The fourth-order valence-corrected chi connectivity index (χ4v) is 5.04. The fourth-order valence-electron chi connectivity index (χ4n) is 3.97. The lowest BCUT2D eigenvalue weighted by atomic mass is 10.1. The van der Waals surface area contributed by atoms with Gasteiger partial charge in [0.1, 0.15) is 12.2 Å². The van der Waals surface area contributed by atoms with Crippen molar-refractivity contribution in [2.24, 2.45) is 0 Å². The summed E-state index contributed by atoms with van der Waals surface area (Å²) in [5, 5.41) is 0.271. The molecule has 0 saturated carbocycles. The molecule has 1 aromatic carbocycles. The first-order valence-electron chi connectivity index (χ1n) is 14.7. The van der Waals surface area contributed by atoms with E-state index in [9.17, 15) is 14.0 Å². The Kier molecular flexibility index (Phi) is 13.0. The molecule has 1 saturated heterocycles. The van der Waals surface area contributed by atoms with E-state index in [1.165, 1.54) is 18.0 Å². The van der Waals surface area contributed by atoms with E-state index < -0.39 is 29.6 Å². The van der Waals surface area contributed by atoms with Crippen LogP contribution in [0.1, 0.15) is 68.4 Å². The van der Waals surface area contributed by atoms with Crippen molar-refractivity contribution < 1.29 is 37.7 Å². The van der Waals surface area contributed by atoms with Crippen LogP contribution >= 0.6 is 11.3 Å². The van der Waals surface area contributed by atoms with Gasteiger partial charge >= 0.3 is 12.1 Å². The number of epoxide rings is 1. The quantitative estimate of drug-likeness (QED) is 0.155. The molecular formula is C32H44FN3O7S. The van der Waals surface area contributed by atoms with Gasteiger partial charge in [0, 0.05) is 23.9 Å². The molecule has 1 fully saturated rings. The number of hydrogen-bond donors (Lipinski definition) is 0. The lowest BCUT2D eigenvalue weighted by Gasteiger charge is -2.23. The number of hydrogen-bond acceptors (Lipinski definition) is 10. The van der Waals surface area contributed by atoms with Gasteiger partial charge in [-0.05, 0) is 79.8 Å². The minimum Gasteiger partial charge on any atom is -0.488 e. The monoisotopic (exact) mass is 633 g/mol. The molecule has 242 valence electrons. The summed E-state index contributed by atoms with van der Waals surface area (Å²) in [4.78, 5) is 33.8. The highest BCUT2D eigenvalue weighted by Gasteiger charge is 2.29. The summed E-state index contributed by atoms with van der Waals surface area (Å²) in [5.41, 5.74) is -0.0768. The Morgan fingerprint density at radius 3 is 2.59 bits per heavy atom. The Balaban J connectivity index is 1.82. The van der Waals surface area contributed by atoms with Crippen molar-refractivity contribution in [3.05, 3.63) is 40.2 Å². The van der Waals surface area contributed by atoms with E-state index in [4.69, 9.17) is 23.7 Å². The number of anilines is 1. The average Bonchev–Trinajstić information content (AvgIpc) is 3.67. The number of carbonyl (C=O) groups excluding carboxylic acids is 2. The number of benzene rings is 1. The number of ether oxygens (including phenoxy) is 5. The van der Waals surface area contributed by atoms with E-state index in [2.05, 4.69) is 16.8 Å². The summed E-state index contributed by atoms with van der Waals surface area (Å²) < 4.78 is 43.3. The van der Waals surface area contributed by atoms with Crippen LogP contribution in [0, 0.1) is 17.7 Å². The SMILES string of the molecule is CCOC(=O)c1nc(N(C)C(=O)OC(C)(C)C)sc1CC(COc1ccc(C#CCN(C)C)cc1F)OC(C)CCC1CO1. The van der Waals surface area contributed by atoms with Gasteiger partial charge in [-0.1, -0.05) is 11.8 Å². The highest BCUT2D eigenvalue weighted by Crippen LogP contribution is 2.30. The summed E-state index contributed by atoms with van der Waals surface area (Å²) in [6, 6.07) is 4.59. The van der Waals surface area contributed by atoms with Gasteiger partial charge in [-0.25, -0.2) is 19.0 Å². The maximum atomic E-state index is 15.0. The molecule has 3 atom stereocenters. The molecule has 0 spiro atoms. The van der Waals surface area contributed by atoms with Crippen molar-refractivity contribution in [3.8, 4) is 17.6 Å². The molecule has 1 aliphatic rings. The van der Waals surface area contributed by atoms with Gasteiger partial charge in [-0.2, -0.15) is 0 Å². The van der Waals surface area contributed by atoms with Gasteiger partial charge in [0.2, 0.25) is 0 Å². The van der Waals surface area contributed by atoms with E-state index in [-0.39, 0.29) is 48.4 Å². The molecule has 1 aliphatic heterocycles. The Morgan fingerprint density at radius 2 is 1.98 bits per heavy atom. The third kappa shape index (κ3) is 11.7. The first kappa shape index (κ1) is 35.2. The third-order valence-corrected chi connectivity index (χ3v) is 7.38. The number of carbonyl (C=O) groups is 2. The van der Waals surface area contributed by atoms with Gasteiger partial charge in [-0.3, -0.25) is 9.80 Å². The van der Waals surface area contributed by atoms with E-state index in [1.807, 2.05) is 25.9 Å². The van der Waals surface area contributed by atoms with Crippen molar-refractivity contribution in [3.63, 3.8) is 0 Å². The molecule has 3 rings (SSSR count). The molecule has 12 heteroatoms. The molecule has 44 heavy (non-hydrogen) atoms. The van der Waals surface area contributed by atoms with Gasteiger partial charge in [0.05, 0.1) is 38.1 Å². The Hall–Kier alpha value is -3.24. The minimum atomic E-state index is -0.709. The first-order valence-corrected chi connectivity index (χ1v) is 15.5. The van der Waals surface area contributed by atoms with Crippen molar-refractivity contribution in [2.75, 3.05) is 52.4 Å². The van der Waals surface area contributed by atoms with E-state index in [1.54, 1.807) is 39.8 Å². The molecule has 0 bridgehead atoms. The Labute approximate surface area is 263 Å². The maximum absolute atomic E-state index is 15.0. The molecule has 3 unspecified atom stereocenters. The second-order valence-corrected chi connectivity index (χ2v) is 12.9. The summed E-state index contributed by atoms with van der Waals surface area (Å²) in [5.74, 6) is 4.85. The third-order valence-electron chi connectivity index (χ3n) is 6.23. The van der Waals surface area contributed by atoms with E-state index >= 15 is 0 Å². The predicted octanol–water partition coefficient (Wildman–Crippen LogP) is 5.32. The van der Waals surface area contributed by atoms with Crippen LogP contribution in [0.4, 0.5) is 14.3 Å². The normalized spacial score (nSPS) is 15.6. The molecule has 10 nitrogen and oxygen atoms in total. The van der Waals surface area contributed by atoms with Crippen molar-refractivity contribution >= 4 is 28.5 Å². The van der Waals surface area contributed by atoms with Crippen molar-refractivity contribution in [1.29, 1.82) is 0 Å². The zero-order valence-corrected chi connectivity index (χ0v) is 27.7. The standard InChI is InChI=1S/C32H44FN3O7S/c1-9-39-29(37)28-27(44-30(34-28)36(8)31(38)43-32(3,4)5)18-24(42-21(2)12-14-23-19-40-23)20-41-26-15-13-22(17-25(26)33)11-10-16-35(6)7/h13,15,17,21,23-24H,9,12,14,16,18-20H2,1-8H3. The van der Waals surface area contributed by atoms with Crippen LogP contribution in [0.2, 0.25) is 0 Å². The van der Waals surface area contributed by atoms with Crippen LogP contribution in [0.3, 0.4) is 0 Å². The number of thiazole rings is 1. The number of nitrogens with zero attached hydrogens (tertiary/aromatic N) is 3. The van der Waals surface area contributed by atoms with Crippen LogP contribution in [-0.2, 0) is 25.4 Å². The largest absolute Gasteiger partial charge is 0.488 e. The molecule has 2 aromatic rings. The maximum Gasteiger partial charge on any atom is 0.416 e. The van der Waals surface area contributed by atoms with E-state index in [0.717, 1.165) is 30.8 Å². The fraction of sp³-hybridized carbons (Fsp3) is 0.594. The number of esters is 1.